The Labute approximate surface area is 93.2 Å². The van der Waals surface area contributed by atoms with Crippen molar-refractivity contribution in [1.82, 2.24) is 10.2 Å². The molecule has 0 radical (unpaired) electrons. The highest BCUT2D eigenvalue weighted by Crippen LogP contribution is 2.33. The summed E-state index contributed by atoms with van der Waals surface area (Å²) < 4.78 is 0. The van der Waals surface area contributed by atoms with Crippen LogP contribution in [-0.2, 0) is 4.79 Å². The average Bonchev–Trinajstić information content (AvgIpc) is 2.20. The van der Waals surface area contributed by atoms with Crippen molar-refractivity contribution in [2.24, 2.45) is 5.41 Å². The molecule has 0 bridgehead atoms. The number of amides is 1. The van der Waals surface area contributed by atoms with E-state index in [1.807, 2.05) is 0 Å². The van der Waals surface area contributed by atoms with Crippen molar-refractivity contribution in [3.8, 4) is 0 Å². The molecular weight excluding hydrogens is 188 g/mol. The Hall–Kier alpha value is -0.570. The number of carbonyl (C=O) groups excluding carboxylic acids is 1. The Morgan fingerprint density at radius 1 is 1.40 bits per heavy atom. The van der Waals surface area contributed by atoms with Gasteiger partial charge in [-0.05, 0) is 44.8 Å². The highest BCUT2D eigenvalue weighted by molar-refractivity contribution is 5.76. The van der Waals surface area contributed by atoms with Crippen LogP contribution in [-0.4, -0.2) is 37.5 Å². The molecule has 1 heterocycles. The standard InChI is InChI=1S/C12H24N2O/c1-4-7-13-11(15)10-12(2)5-8-14(3)9-6-12/h4-10H2,1-3H3,(H,13,15). The molecular formula is C12H24N2O. The molecule has 1 rings (SSSR count). The second-order valence-electron chi connectivity index (χ2n) is 5.14. The van der Waals surface area contributed by atoms with Crippen LogP contribution in [0.5, 0.6) is 0 Å². The van der Waals surface area contributed by atoms with E-state index in [2.05, 4.69) is 31.1 Å². The molecule has 0 spiro atoms. The van der Waals surface area contributed by atoms with Crippen molar-refractivity contribution < 1.29 is 4.79 Å². The van der Waals surface area contributed by atoms with E-state index in [-0.39, 0.29) is 11.3 Å². The molecule has 0 unspecified atom stereocenters. The summed E-state index contributed by atoms with van der Waals surface area (Å²) >= 11 is 0. The monoisotopic (exact) mass is 212 g/mol. The van der Waals surface area contributed by atoms with Crippen LogP contribution in [0.3, 0.4) is 0 Å². The van der Waals surface area contributed by atoms with Gasteiger partial charge in [0.15, 0.2) is 0 Å². The van der Waals surface area contributed by atoms with Crippen molar-refractivity contribution in [2.45, 2.75) is 39.5 Å². The second-order valence-corrected chi connectivity index (χ2v) is 5.14. The van der Waals surface area contributed by atoms with E-state index in [0.717, 1.165) is 38.9 Å². The van der Waals surface area contributed by atoms with Crippen LogP contribution in [0, 0.1) is 5.41 Å². The van der Waals surface area contributed by atoms with Gasteiger partial charge >= 0.3 is 0 Å². The Morgan fingerprint density at radius 3 is 2.53 bits per heavy atom. The molecule has 0 aromatic heterocycles. The van der Waals surface area contributed by atoms with Crippen LogP contribution >= 0.6 is 0 Å². The van der Waals surface area contributed by atoms with E-state index in [0.29, 0.717) is 6.42 Å². The van der Waals surface area contributed by atoms with Crippen LogP contribution in [0.15, 0.2) is 0 Å². The Kier molecular flexibility index (Phi) is 4.58. The maximum Gasteiger partial charge on any atom is 0.220 e. The van der Waals surface area contributed by atoms with Crippen LogP contribution in [0.4, 0.5) is 0 Å². The molecule has 3 heteroatoms. The minimum atomic E-state index is 0.226. The second kappa shape index (κ2) is 5.50. The Bertz CT molecular complexity index is 208. The highest BCUT2D eigenvalue weighted by atomic mass is 16.1. The molecule has 1 N–H and O–H groups in total. The van der Waals surface area contributed by atoms with Crippen LogP contribution in [0.1, 0.15) is 39.5 Å². The predicted octanol–water partition coefficient (Wildman–Crippen LogP) is 1.63. The lowest BCUT2D eigenvalue weighted by Gasteiger charge is -2.37. The fourth-order valence-electron chi connectivity index (χ4n) is 2.05. The smallest absolute Gasteiger partial charge is 0.220 e. The van der Waals surface area contributed by atoms with Crippen molar-refractivity contribution in [3.63, 3.8) is 0 Å². The van der Waals surface area contributed by atoms with E-state index >= 15 is 0 Å². The molecule has 0 aromatic carbocycles. The largest absolute Gasteiger partial charge is 0.356 e. The summed E-state index contributed by atoms with van der Waals surface area (Å²) in [5.74, 6) is 0.226. The van der Waals surface area contributed by atoms with Crippen molar-refractivity contribution in [1.29, 1.82) is 0 Å². The van der Waals surface area contributed by atoms with Gasteiger partial charge in [0.25, 0.3) is 0 Å². The number of hydrogen-bond acceptors (Lipinski definition) is 2. The molecule has 0 aromatic rings. The minimum absolute atomic E-state index is 0.226. The molecule has 3 nitrogen and oxygen atoms in total. The first kappa shape index (κ1) is 12.5. The molecule has 1 aliphatic rings. The first-order chi connectivity index (χ1) is 7.06. The van der Waals surface area contributed by atoms with Gasteiger partial charge in [0.2, 0.25) is 5.91 Å². The summed E-state index contributed by atoms with van der Waals surface area (Å²) in [5.41, 5.74) is 0.227. The van der Waals surface area contributed by atoms with Gasteiger partial charge in [0, 0.05) is 13.0 Å². The lowest BCUT2D eigenvalue weighted by molar-refractivity contribution is -0.123. The first-order valence-corrected chi connectivity index (χ1v) is 6.01. The van der Waals surface area contributed by atoms with Gasteiger partial charge in [0.05, 0.1) is 0 Å². The SMILES string of the molecule is CCCNC(=O)CC1(C)CCN(C)CC1. The number of piperidine rings is 1. The van der Waals surface area contributed by atoms with Crippen molar-refractivity contribution >= 4 is 5.91 Å². The normalized spacial score (nSPS) is 21.3. The van der Waals surface area contributed by atoms with Gasteiger partial charge in [-0.2, -0.15) is 0 Å². The summed E-state index contributed by atoms with van der Waals surface area (Å²) in [6, 6.07) is 0. The lowest BCUT2D eigenvalue weighted by Crippen LogP contribution is -2.39. The molecule has 0 atom stereocenters. The van der Waals surface area contributed by atoms with Gasteiger partial charge in [-0.1, -0.05) is 13.8 Å². The third-order valence-electron chi connectivity index (χ3n) is 3.35. The molecule has 15 heavy (non-hydrogen) atoms. The zero-order valence-electron chi connectivity index (χ0n) is 10.3. The lowest BCUT2D eigenvalue weighted by atomic mass is 9.77. The van der Waals surface area contributed by atoms with Gasteiger partial charge in [0.1, 0.15) is 0 Å². The zero-order valence-corrected chi connectivity index (χ0v) is 10.3. The molecule has 1 amide bonds. The van der Waals surface area contributed by atoms with Gasteiger partial charge in [-0.3, -0.25) is 4.79 Å². The van der Waals surface area contributed by atoms with E-state index < -0.39 is 0 Å². The summed E-state index contributed by atoms with van der Waals surface area (Å²) in [7, 11) is 2.15. The fourth-order valence-corrected chi connectivity index (χ4v) is 2.05. The maximum atomic E-state index is 11.6. The molecule has 0 saturated carbocycles. The summed E-state index contributed by atoms with van der Waals surface area (Å²) in [4.78, 5) is 14.0. The van der Waals surface area contributed by atoms with Crippen LogP contribution in [0.2, 0.25) is 0 Å². The molecule has 1 saturated heterocycles. The van der Waals surface area contributed by atoms with Crippen molar-refractivity contribution in [2.75, 3.05) is 26.7 Å². The van der Waals surface area contributed by atoms with Gasteiger partial charge < -0.3 is 10.2 Å². The Balaban J connectivity index is 2.32. The topological polar surface area (TPSA) is 32.3 Å². The van der Waals surface area contributed by atoms with E-state index in [1.165, 1.54) is 0 Å². The predicted molar refractivity (Wildman–Crippen MR) is 62.8 cm³/mol. The molecule has 1 aliphatic heterocycles. The summed E-state index contributed by atoms with van der Waals surface area (Å²) in [5, 5.41) is 2.96. The number of nitrogens with zero attached hydrogens (tertiary/aromatic N) is 1. The van der Waals surface area contributed by atoms with Crippen LogP contribution < -0.4 is 5.32 Å². The number of likely N-dealkylation sites (tertiary alicyclic amines) is 1. The van der Waals surface area contributed by atoms with Gasteiger partial charge in [-0.25, -0.2) is 0 Å². The zero-order chi connectivity index (χ0) is 11.3. The van der Waals surface area contributed by atoms with E-state index in [4.69, 9.17) is 0 Å². The first-order valence-electron chi connectivity index (χ1n) is 6.01. The highest BCUT2D eigenvalue weighted by Gasteiger charge is 2.30. The fraction of sp³-hybridized carbons (Fsp3) is 0.917. The molecule has 0 aliphatic carbocycles. The number of carbonyl (C=O) groups is 1. The maximum absolute atomic E-state index is 11.6. The number of hydrogen-bond donors (Lipinski definition) is 1. The summed E-state index contributed by atoms with van der Waals surface area (Å²) in [6.07, 6.45) is 4.00. The van der Waals surface area contributed by atoms with Gasteiger partial charge in [-0.15, -0.1) is 0 Å². The third-order valence-corrected chi connectivity index (χ3v) is 3.35. The van der Waals surface area contributed by atoms with Crippen LogP contribution in [0.25, 0.3) is 0 Å². The molecule has 88 valence electrons. The Morgan fingerprint density at radius 2 is 2.00 bits per heavy atom. The summed E-state index contributed by atoms with van der Waals surface area (Å²) in [6.45, 7) is 7.38. The average molecular weight is 212 g/mol. The number of rotatable bonds is 4. The third kappa shape index (κ3) is 4.20. The minimum Gasteiger partial charge on any atom is -0.356 e. The quantitative estimate of drug-likeness (QED) is 0.768. The number of nitrogens with one attached hydrogen (secondary N) is 1. The van der Waals surface area contributed by atoms with E-state index in [9.17, 15) is 4.79 Å². The van der Waals surface area contributed by atoms with Crippen molar-refractivity contribution in [3.05, 3.63) is 0 Å². The van der Waals surface area contributed by atoms with E-state index in [1.54, 1.807) is 0 Å². The molecule has 1 fully saturated rings.